The molecule has 0 spiro atoms. The summed E-state index contributed by atoms with van der Waals surface area (Å²) in [7, 11) is 0. The third-order valence-electron chi connectivity index (χ3n) is 0. The molecule has 0 aliphatic rings. The summed E-state index contributed by atoms with van der Waals surface area (Å²) >= 11 is 0. The van der Waals surface area contributed by atoms with E-state index in [0.29, 0.717) is 0 Å². The van der Waals surface area contributed by atoms with E-state index in [1.54, 1.807) is 0 Å². The molecule has 0 atom stereocenters. The summed E-state index contributed by atoms with van der Waals surface area (Å²) in [6.45, 7) is 0. The minimum absolute atomic E-state index is 0. The van der Waals surface area contributed by atoms with Crippen LogP contribution in [-0.2, 0) is 0 Å². The van der Waals surface area contributed by atoms with Crippen molar-refractivity contribution in [2.24, 2.45) is 0 Å². The predicted octanol–water partition coefficient (Wildman–Crippen LogP) is -3.68. The summed E-state index contributed by atoms with van der Waals surface area (Å²) in [4.78, 5) is 0. The van der Waals surface area contributed by atoms with E-state index in [9.17, 15) is 0 Å². The molecule has 33 valence electrons. The van der Waals surface area contributed by atoms with Gasteiger partial charge < -0.3 is 21.9 Å². The summed E-state index contributed by atoms with van der Waals surface area (Å²) in [5, 5.41) is 0. The van der Waals surface area contributed by atoms with Crippen LogP contribution in [0.5, 0.6) is 0 Å². The molecular formula is H8LiO4. The minimum atomic E-state index is 0. The van der Waals surface area contributed by atoms with Crippen LogP contribution >= 0.6 is 0 Å². The molecule has 0 amide bonds. The first-order valence-electron chi connectivity index (χ1n) is 0. The van der Waals surface area contributed by atoms with Crippen molar-refractivity contribution < 1.29 is 21.9 Å². The van der Waals surface area contributed by atoms with Crippen LogP contribution in [0.15, 0.2) is 0 Å². The molecule has 1 radical (unpaired) electrons. The Morgan fingerprint density at radius 1 is 0.400 bits per heavy atom. The zero-order chi connectivity index (χ0) is 0. The van der Waals surface area contributed by atoms with Crippen molar-refractivity contribution in [3.05, 3.63) is 0 Å². The number of hydrogen-bond donors (Lipinski definition) is 0. The zero-order valence-electron chi connectivity index (χ0n) is 3.00. The van der Waals surface area contributed by atoms with Gasteiger partial charge in [-0.05, 0) is 0 Å². The Morgan fingerprint density at radius 2 is 0.400 bits per heavy atom. The second-order valence-corrected chi connectivity index (χ2v) is 0. The molecule has 5 heteroatoms. The molecule has 0 bridgehead atoms. The van der Waals surface area contributed by atoms with Crippen LogP contribution in [0.4, 0.5) is 0 Å². The maximum Gasteiger partial charge on any atom is 0 e. The van der Waals surface area contributed by atoms with E-state index in [-0.39, 0.29) is 40.8 Å². The van der Waals surface area contributed by atoms with Crippen molar-refractivity contribution in [2.75, 3.05) is 0 Å². The molecule has 5 heavy (non-hydrogen) atoms. The van der Waals surface area contributed by atoms with Gasteiger partial charge in [-0.2, -0.15) is 0 Å². The fourth-order valence-electron chi connectivity index (χ4n) is 0. The molecular weight excluding hydrogens is 70.9 g/mol. The first kappa shape index (κ1) is 560. The smallest absolute Gasteiger partial charge is 0 e. The topological polar surface area (TPSA) is 126 Å². The Balaban J connectivity index is 0. The fourth-order valence-corrected chi connectivity index (χ4v) is 0. The second-order valence-electron chi connectivity index (χ2n) is 0. The Labute approximate surface area is 41.6 Å². The van der Waals surface area contributed by atoms with Crippen LogP contribution in [0.1, 0.15) is 0 Å². The zero-order valence-corrected chi connectivity index (χ0v) is 3.00. The molecule has 0 aliphatic heterocycles. The summed E-state index contributed by atoms with van der Waals surface area (Å²) in [6.07, 6.45) is 0. The van der Waals surface area contributed by atoms with Crippen LogP contribution in [0.3, 0.4) is 0 Å². The summed E-state index contributed by atoms with van der Waals surface area (Å²) in [6, 6.07) is 0. The Morgan fingerprint density at radius 3 is 0.400 bits per heavy atom. The molecule has 0 fully saturated rings. The molecule has 0 heterocycles. The van der Waals surface area contributed by atoms with Crippen LogP contribution in [-0.4, -0.2) is 40.8 Å². The van der Waals surface area contributed by atoms with E-state index in [4.69, 9.17) is 0 Å². The average Bonchev–Trinajstić information content (AvgIpc) is 0. The normalized spacial score (nSPS) is 0. The summed E-state index contributed by atoms with van der Waals surface area (Å²) < 4.78 is 0. The van der Waals surface area contributed by atoms with E-state index in [2.05, 4.69) is 0 Å². The third-order valence-corrected chi connectivity index (χ3v) is 0. The van der Waals surface area contributed by atoms with Gasteiger partial charge in [0.2, 0.25) is 0 Å². The molecule has 0 saturated carbocycles. The van der Waals surface area contributed by atoms with Crippen molar-refractivity contribution >= 4 is 18.9 Å². The Kier molecular flexibility index (Phi) is 30700. The summed E-state index contributed by atoms with van der Waals surface area (Å²) in [5.74, 6) is 0. The van der Waals surface area contributed by atoms with Crippen molar-refractivity contribution in [1.82, 2.24) is 0 Å². The van der Waals surface area contributed by atoms with Crippen molar-refractivity contribution in [2.45, 2.75) is 0 Å². The van der Waals surface area contributed by atoms with Gasteiger partial charge in [0.1, 0.15) is 0 Å². The largest absolute Gasteiger partial charge is 0.412 e. The Hall–Kier alpha value is 0.437. The number of hydrogen-bond acceptors (Lipinski definition) is 0. The average molecular weight is 79.0 g/mol. The quantitative estimate of drug-likeness (QED) is 0.265. The molecule has 0 rings (SSSR count). The first-order valence-corrected chi connectivity index (χ1v) is 0. The molecule has 0 saturated heterocycles. The van der Waals surface area contributed by atoms with Gasteiger partial charge in [0, 0.05) is 18.9 Å². The van der Waals surface area contributed by atoms with E-state index >= 15 is 0 Å². The molecule has 0 unspecified atom stereocenters. The van der Waals surface area contributed by atoms with Crippen molar-refractivity contribution in [3.8, 4) is 0 Å². The standard InChI is InChI=1S/Li.4H2O/h;4*1H2. The van der Waals surface area contributed by atoms with E-state index in [1.807, 2.05) is 0 Å². The van der Waals surface area contributed by atoms with Gasteiger partial charge in [0.05, 0.1) is 0 Å². The van der Waals surface area contributed by atoms with Gasteiger partial charge >= 0.3 is 0 Å². The molecule has 8 N–H and O–H groups in total. The molecule has 0 aromatic rings. The number of rotatable bonds is 0. The van der Waals surface area contributed by atoms with E-state index in [1.165, 1.54) is 0 Å². The van der Waals surface area contributed by atoms with E-state index < -0.39 is 0 Å². The van der Waals surface area contributed by atoms with Gasteiger partial charge in [-0.3, -0.25) is 0 Å². The van der Waals surface area contributed by atoms with E-state index in [0.717, 1.165) is 0 Å². The molecule has 0 aromatic heterocycles. The van der Waals surface area contributed by atoms with Crippen LogP contribution in [0.25, 0.3) is 0 Å². The van der Waals surface area contributed by atoms with Crippen LogP contribution < -0.4 is 0 Å². The summed E-state index contributed by atoms with van der Waals surface area (Å²) in [5.41, 5.74) is 0. The molecule has 0 aliphatic carbocycles. The maximum absolute atomic E-state index is 0. The monoisotopic (exact) mass is 79.1 g/mol. The van der Waals surface area contributed by atoms with Crippen LogP contribution in [0, 0.1) is 0 Å². The van der Waals surface area contributed by atoms with Crippen molar-refractivity contribution in [1.29, 1.82) is 0 Å². The van der Waals surface area contributed by atoms with Gasteiger partial charge in [0.25, 0.3) is 0 Å². The molecule has 4 nitrogen and oxygen atoms in total. The SMILES string of the molecule is O.O.O.O.[Li]. The second kappa shape index (κ2) is 274. The van der Waals surface area contributed by atoms with Gasteiger partial charge in [-0.15, -0.1) is 0 Å². The minimum Gasteiger partial charge on any atom is -0.412 e. The maximum atomic E-state index is 0. The van der Waals surface area contributed by atoms with Crippen LogP contribution in [0.2, 0.25) is 0 Å². The van der Waals surface area contributed by atoms with Gasteiger partial charge in [-0.1, -0.05) is 0 Å². The fraction of sp³-hybridized carbons (Fsp3) is 0. The van der Waals surface area contributed by atoms with Gasteiger partial charge in [-0.25, -0.2) is 0 Å². The van der Waals surface area contributed by atoms with Crippen molar-refractivity contribution in [3.63, 3.8) is 0 Å². The Bertz CT molecular complexity index is 3.61. The predicted molar refractivity (Wildman–Crippen MR) is 20.2 cm³/mol. The molecule has 0 aromatic carbocycles. The van der Waals surface area contributed by atoms with Gasteiger partial charge in [0.15, 0.2) is 0 Å². The third kappa shape index (κ3) is 138. The first-order chi connectivity index (χ1) is 0.